The smallest absolute Gasteiger partial charge is 0.0178 e. The molecule has 12 heavy (non-hydrogen) atoms. The lowest BCUT2D eigenvalue weighted by Crippen LogP contribution is -2.06. The first-order chi connectivity index (χ1) is 5.77. The van der Waals surface area contributed by atoms with E-state index in [0.717, 1.165) is 5.92 Å². The van der Waals surface area contributed by atoms with Crippen molar-refractivity contribution in [3.63, 3.8) is 0 Å². The second-order valence-corrected chi connectivity index (χ2v) is 4.55. The lowest BCUT2D eigenvalue weighted by molar-refractivity contribution is 0.590. The topological polar surface area (TPSA) is 0 Å². The van der Waals surface area contributed by atoms with Gasteiger partial charge in [-0.2, -0.15) is 0 Å². The van der Waals surface area contributed by atoms with E-state index in [1.165, 1.54) is 23.7 Å². The van der Waals surface area contributed by atoms with Crippen molar-refractivity contribution in [1.82, 2.24) is 0 Å². The number of rotatable bonds is 0. The zero-order valence-electron chi connectivity index (χ0n) is 7.31. The van der Waals surface area contributed by atoms with Crippen molar-refractivity contribution in [3.8, 4) is 0 Å². The second-order valence-electron chi connectivity index (χ2n) is 3.64. The van der Waals surface area contributed by atoms with E-state index in [1.807, 2.05) is 0 Å². The summed E-state index contributed by atoms with van der Waals surface area (Å²) < 4.78 is 1.22. The third kappa shape index (κ3) is 1.42. The van der Waals surface area contributed by atoms with Gasteiger partial charge in [-0.3, -0.25) is 0 Å². The summed E-state index contributed by atoms with van der Waals surface area (Å²) in [5, 5.41) is 0. The van der Waals surface area contributed by atoms with Crippen LogP contribution in [0.1, 0.15) is 36.8 Å². The molecular formula is C11H13Br. The maximum atomic E-state index is 3.51. The van der Waals surface area contributed by atoms with Crippen LogP contribution in [0, 0.1) is 0 Å². The molecule has 0 aliphatic heterocycles. The highest BCUT2D eigenvalue weighted by atomic mass is 79.9. The number of benzene rings is 1. The molecule has 0 saturated heterocycles. The molecule has 0 aromatic heterocycles. The highest BCUT2D eigenvalue weighted by Gasteiger charge is 2.15. The van der Waals surface area contributed by atoms with Crippen molar-refractivity contribution in [2.75, 3.05) is 0 Å². The van der Waals surface area contributed by atoms with E-state index >= 15 is 0 Å². The zero-order chi connectivity index (χ0) is 8.55. The van der Waals surface area contributed by atoms with Gasteiger partial charge in [-0.15, -0.1) is 0 Å². The molecule has 1 aliphatic carbocycles. The molecule has 1 aliphatic rings. The minimum atomic E-state index is 0.766. The summed E-state index contributed by atoms with van der Waals surface area (Å²) in [4.78, 5) is 0. The molecule has 1 heteroatoms. The molecular weight excluding hydrogens is 212 g/mol. The normalized spacial score (nSPS) is 22.0. The molecule has 2 rings (SSSR count). The van der Waals surface area contributed by atoms with E-state index in [-0.39, 0.29) is 0 Å². The van der Waals surface area contributed by atoms with Gasteiger partial charge in [0.05, 0.1) is 0 Å². The van der Waals surface area contributed by atoms with Crippen LogP contribution in [0.3, 0.4) is 0 Å². The van der Waals surface area contributed by atoms with E-state index < -0.39 is 0 Å². The van der Waals surface area contributed by atoms with E-state index in [0.29, 0.717) is 0 Å². The van der Waals surface area contributed by atoms with Gasteiger partial charge in [0.25, 0.3) is 0 Å². The molecule has 0 N–H and O–H groups in total. The minimum absolute atomic E-state index is 0.766. The van der Waals surface area contributed by atoms with Crippen LogP contribution in [0.2, 0.25) is 0 Å². The van der Waals surface area contributed by atoms with Crippen LogP contribution in [-0.4, -0.2) is 0 Å². The Kier molecular flexibility index (Phi) is 2.22. The summed E-state index contributed by atoms with van der Waals surface area (Å²) in [6.07, 6.45) is 3.97. The van der Waals surface area contributed by atoms with Gasteiger partial charge >= 0.3 is 0 Å². The van der Waals surface area contributed by atoms with Crippen molar-refractivity contribution >= 4 is 15.9 Å². The predicted octanol–water partition coefficient (Wildman–Crippen LogP) is 3.89. The first kappa shape index (κ1) is 8.31. The number of hydrogen-bond acceptors (Lipinski definition) is 0. The fraction of sp³-hybridized carbons (Fsp3) is 0.455. The Bertz CT molecular complexity index is 291. The van der Waals surface area contributed by atoms with Crippen LogP contribution in [0.4, 0.5) is 0 Å². The van der Waals surface area contributed by atoms with Gasteiger partial charge in [-0.1, -0.05) is 28.9 Å². The van der Waals surface area contributed by atoms with Crippen LogP contribution in [0.25, 0.3) is 0 Å². The molecule has 1 atom stereocenters. The molecule has 1 aromatic rings. The van der Waals surface area contributed by atoms with E-state index in [1.54, 1.807) is 11.1 Å². The highest BCUT2D eigenvalue weighted by molar-refractivity contribution is 9.10. The number of halogens is 1. The Balaban J connectivity index is 2.46. The van der Waals surface area contributed by atoms with Gasteiger partial charge < -0.3 is 0 Å². The fourth-order valence-electron chi connectivity index (χ4n) is 2.03. The first-order valence-electron chi connectivity index (χ1n) is 4.55. The lowest BCUT2D eigenvalue weighted by atomic mass is 9.84. The average molecular weight is 225 g/mol. The molecule has 1 unspecified atom stereocenters. The maximum absolute atomic E-state index is 3.51. The van der Waals surface area contributed by atoms with Crippen LogP contribution in [0.15, 0.2) is 22.7 Å². The SMILES string of the molecule is CC1CCCc2cc(Br)ccc21. The number of hydrogen-bond donors (Lipinski definition) is 0. The fourth-order valence-corrected chi connectivity index (χ4v) is 2.43. The van der Waals surface area contributed by atoms with Gasteiger partial charge in [0, 0.05) is 4.47 Å². The Morgan fingerprint density at radius 2 is 2.25 bits per heavy atom. The van der Waals surface area contributed by atoms with Crippen molar-refractivity contribution in [2.24, 2.45) is 0 Å². The summed E-state index contributed by atoms with van der Waals surface area (Å²) in [6, 6.07) is 6.69. The Labute approximate surface area is 82.1 Å². The van der Waals surface area contributed by atoms with Crippen LogP contribution >= 0.6 is 15.9 Å². The zero-order valence-corrected chi connectivity index (χ0v) is 8.89. The molecule has 64 valence electrons. The van der Waals surface area contributed by atoms with Crippen molar-refractivity contribution in [2.45, 2.75) is 32.1 Å². The molecule has 0 fully saturated rings. The van der Waals surface area contributed by atoms with Gasteiger partial charge in [-0.05, 0) is 48.4 Å². The molecule has 0 nitrogen and oxygen atoms in total. The van der Waals surface area contributed by atoms with Crippen molar-refractivity contribution in [3.05, 3.63) is 33.8 Å². The van der Waals surface area contributed by atoms with Gasteiger partial charge in [0.1, 0.15) is 0 Å². The summed E-state index contributed by atoms with van der Waals surface area (Å²) in [6.45, 7) is 2.33. The Morgan fingerprint density at radius 3 is 3.08 bits per heavy atom. The van der Waals surface area contributed by atoms with Crippen molar-refractivity contribution in [1.29, 1.82) is 0 Å². The first-order valence-corrected chi connectivity index (χ1v) is 5.35. The van der Waals surface area contributed by atoms with Crippen LogP contribution in [0.5, 0.6) is 0 Å². The van der Waals surface area contributed by atoms with Gasteiger partial charge in [0.2, 0.25) is 0 Å². The molecule has 0 spiro atoms. The third-order valence-corrected chi connectivity index (χ3v) is 3.21. The summed E-state index contributed by atoms with van der Waals surface area (Å²) in [5.74, 6) is 0.766. The summed E-state index contributed by atoms with van der Waals surface area (Å²) in [7, 11) is 0. The van der Waals surface area contributed by atoms with Gasteiger partial charge in [-0.25, -0.2) is 0 Å². The summed E-state index contributed by atoms with van der Waals surface area (Å²) >= 11 is 3.51. The standard InChI is InChI=1S/C11H13Br/c1-8-3-2-4-9-7-10(12)5-6-11(8)9/h5-8H,2-4H2,1H3. The van der Waals surface area contributed by atoms with Crippen LogP contribution in [-0.2, 0) is 6.42 Å². The molecule has 0 heterocycles. The molecule has 0 radical (unpaired) electrons. The second kappa shape index (κ2) is 3.21. The third-order valence-electron chi connectivity index (χ3n) is 2.72. The van der Waals surface area contributed by atoms with Crippen molar-refractivity contribution < 1.29 is 0 Å². The molecule has 0 bridgehead atoms. The Hall–Kier alpha value is -0.300. The van der Waals surface area contributed by atoms with E-state index in [9.17, 15) is 0 Å². The summed E-state index contributed by atoms with van der Waals surface area (Å²) in [5.41, 5.74) is 3.10. The monoisotopic (exact) mass is 224 g/mol. The molecule has 1 aromatic carbocycles. The lowest BCUT2D eigenvalue weighted by Gasteiger charge is -2.22. The maximum Gasteiger partial charge on any atom is 0.0178 e. The average Bonchev–Trinajstić information content (AvgIpc) is 2.04. The van der Waals surface area contributed by atoms with Gasteiger partial charge in [0.15, 0.2) is 0 Å². The van der Waals surface area contributed by atoms with E-state index in [4.69, 9.17) is 0 Å². The highest BCUT2D eigenvalue weighted by Crippen LogP contribution is 2.32. The Morgan fingerprint density at radius 1 is 1.42 bits per heavy atom. The molecule has 0 saturated carbocycles. The number of aryl methyl sites for hydroxylation is 1. The number of fused-ring (bicyclic) bond motifs is 1. The minimum Gasteiger partial charge on any atom is -0.0584 e. The van der Waals surface area contributed by atoms with E-state index in [2.05, 4.69) is 41.1 Å². The van der Waals surface area contributed by atoms with Crippen LogP contribution < -0.4 is 0 Å². The quantitative estimate of drug-likeness (QED) is 0.628. The molecule has 0 amide bonds. The largest absolute Gasteiger partial charge is 0.0584 e. The predicted molar refractivity (Wildman–Crippen MR) is 55.5 cm³/mol.